The van der Waals surface area contributed by atoms with E-state index in [0.29, 0.717) is 4.99 Å². The Hall–Kier alpha value is -1.75. The molecule has 5 heteroatoms. The first-order valence-corrected chi connectivity index (χ1v) is 5.27. The number of hydrogen-bond donors (Lipinski definition) is 1. The van der Waals surface area contributed by atoms with Gasteiger partial charge in [0.15, 0.2) is 0 Å². The van der Waals surface area contributed by atoms with Crippen molar-refractivity contribution in [2.45, 2.75) is 13.8 Å². The Labute approximate surface area is 99.1 Å². The van der Waals surface area contributed by atoms with Crippen molar-refractivity contribution < 1.29 is 0 Å². The number of imidazole rings is 1. The fourth-order valence-electron chi connectivity index (χ4n) is 1.53. The Kier molecular flexibility index (Phi) is 2.70. The molecule has 0 atom stereocenters. The van der Waals surface area contributed by atoms with E-state index in [1.807, 2.05) is 24.5 Å². The summed E-state index contributed by atoms with van der Waals surface area (Å²) < 4.78 is 1.94. The predicted molar refractivity (Wildman–Crippen MR) is 66.7 cm³/mol. The molecule has 2 rings (SSSR count). The molecule has 0 aliphatic rings. The first kappa shape index (κ1) is 10.8. The van der Waals surface area contributed by atoms with Gasteiger partial charge < -0.3 is 10.3 Å². The molecule has 0 aliphatic carbocycles. The van der Waals surface area contributed by atoms with Crippen LogP contribution in [0, 0.1) is 13.8 Å². The molecule has 2 aromatic heterocycles. The summed E-state index contributed by atoms with van der Waals surface area (Å²) in [6.45, 7) is 3.96. The monoisotopic (exact) mass is 232 g/mol. The number of nitrogens with two attached hydrogens (primary N) is 1. The highest BCUT2D eigenvalue weighted by atomic mass is 32.1. The predicted octanol–water partition coefficient (Wildman–Crippen LogP) is 1.52. The minimum absolute atomic E-state index is 0.364. The second-order valence-corrected chi connectivity index (χ2v) is 3.98. The van der Waals surface area contributed by atoms with Gasteiger partial charge in [-0.15, -0.1) is 0 Å². The maximum absolute atomic E-state index is 5.68. The molecule has 0 aliphatic heterocycles. The lowest BCUT2D eigenvalue weighted by Crippen LogP contribution is -2.13. The molecule has 0 saturated heterocycles. The first-order chi connectivity index (χ1) is 7.61. The number of pyridine rings is 1. The van der Waals surface area contributed by atoms with Crippen molar-refractivity contribution in [2.24, 2.45) is 5.73 Å². The number of hydrogen-bond acceptors (Lipinski definition) is 3. The van der Waals surface area contributed by atoms with Gasteiger partial charge in [-0.2, -0.15) is 0 Å². The van der Waals surface area contributed by atoms with Crippen LogP contribution in [0.5, 0.6) is 0 Å². The molecule has 0 saturated carbocycles. The molecule has 16 heavy (non-hydrogen) atoms. The molecule has 2 heterocycles. The highest BCUT2D eigenvalue weighted by Gasteiger charge is 2.10. The zero-order valence-electron chi connectivity index (χ0n) is 9.14. The summed E-state index contributed by atoms with van der Waals surface area (Å²) in [4.78, 5) is 8.70. The minimum Gasteiger partial charge on any atom is -0.389 e. The Bertz CT molecular complexity index is 545. The minimum atomic E-state index is 0.364. The van der Waals surface area contributed by atoms with Crippen molar-refractivity contribution in [1.82, 2.24) is 14.5 Å². The van der Waals surface area contributed by atoms with Crippen LogP contribution < -0.4 is 5.73 Å². The maximum atomic E-state index is 5.68. The molecule has 0 bridgehead atoms. The fraction of sp³-hybridized carbons (Fsp3) is 0.182. The third kappa shape index (κ3) is 1.69. The number of aromatic nitrogens is 3. The molecule has 0 amide bonds. The molecule has 0 radical (unpaired) electrons. The second-order valence-electron chi connectivity index (χ2n) is 3.54. The summed E-state index contributed by atoms with van der Waals surface area (Å²) >= 11 is 5.02. The van der Waals surface area contributed by atoms with Crippen LogP contribution in [0.3, 0.4) is 0 Å². The van der Waals surface area contributed by atoms with Crippen LogP contribution >= 0.6 is 12.2 Å². The van der Waals surface area contributed by atoms with Crippen LogP contribution in [-0.2, 0) is 0 Å². The summed E-state index contributed by atoms with van der Waals surface area (Å²) in [5.41, 5.74) is 9.40. The summed E-state index contributed by atoms with van der Waals surface area (Å²) in [5, 5.41) is 0. The lowest BCUT2D eigenvalue weighted by Gasteiger charge is -2.09. The van der Waals surface area contributed by atoms with Crippen LogP contribution in [0.4, 0.5) is 0 Å². The number of rotatable bonds is 2. The normalized spacial score (nSPS) is 10.4. The van der Waals surface area contributed by atoms with E-state index in [-0.39, 0.29) is 0 Å². The average molecular weight is 232 g/mol. The number of thiocarbonyl (C=S) groups is 1. The lowest BCUT2D eigenvalue weighted by atomic mass is 10.2. The third-order valence-corrected chi connectivity index (χ3v) is 2.80. The van der Waals surface area contributed by atoms with Gasteiger partial charge in [-0.25, -0.2) is 4.98 Å². The van der Waals surface area contributed by atoms with Crippen molar-refractivity contribution in [3.63, 3.8) is 0 Å². The summed E-state index contributed by atoms with van der Waals surface area (Å²) in [6.07, 6.45) is 5.17. The van der Waals surface area contributed by atoms with Gasteiger partial charge in [0, 0.05) is 17.5 Å². The van der Waals surface area contributed by atoms with Gasteiger partial charge in [-0.05, 0) is 19.9 Å². The zero-order valence-corrected chi connectivity index (χ0v) is 9.95. The fourth-order valence-corrected chi connectivity index (χ4v) is 1.70. The molecule has 0 spiro atoms. The van der Waals surface area contributed by atoms with E-state index in [9.17, 15) is 0 Å². The lowest BCUT2D eigenvalue weighted by molar-refractivity contribution is 0.985. The van der Waals surface area contributed by atoms with Gasteiger partial charge in [0.25, 0.3) is 0 Å². The molecular formula is C11H12N4S. The van der Waals surface area contributed by atoms with E-state index < -0.39 is 0 Å². The van der Waals surface area contributed by atoms with E-state index in [1.165, 1.54) is 0 Å². The quantitative estimate of drug-likeness (QED) is 0.798. The Morgan fingerprint density at radius 3 is 2.75 bits per heavy atom. The largest absolute Gasteiger partial charge is 0.389 e. The SMILES string of the molecule is Cc1ncn(-c2cnccc2C(N)=S)c1C. The number of aryl methyl sites for hydroxylation is 1. The van der Waals surface area contributed by atoms with Crippen LogP contribution in [0.1, 0.15) is 17.0 Å². The summed E-state index contributed by atoms with van der Waals surface area (Å²) in [6, 6.07) is 1.81. The van der Waals surface area contributed by atoms with E-state index >= 15 is 0 Å². The van der Waals surface area contributed by atoms with Crippen LogP contribution in [0.15, 0.2) is 24.8 Å². The Morgan fingerprint density at radius 2 is 2.19 bits per heavy atom. The van der Waals surface area contributed by atoms with E-state index in [4.69, 9.17) is 18.0 Å². The van der Waals surface area contributed by atoms with Crippen molar-refractivity contribution >= 4 is 17.2 Å². The third-order valence-electron chi connectivity index (χ3n) is 2.58. The molecule has 2 N–H and O–H groups in total. The smallest absolute Gasteiger partial charge is 0.106 e. The van der Waals surface area contributed by atoms with Gasteiger partial charge in [-0.3, -0.25) is 4.98 Å². The van der Waals surface area contributed by atoms with Crippen LogP contribution in [0.25, 0.3) is 5.69 Å². The highest BCUT2D eigenvalue weighted by Crippen LogP contribution is 2.16. The Morgan fingerprint density at radius 1 is 1.44 bits per heavy atom. The van der Waals surface area contributed by atoms with Gasteiger partial charge >= 0.3 is 0 Å². The van der Waals surface area contributed by atoms with Crippen LogP contribution in [-0.4, -0.2) is 19.5 Å². The molecule has 0 fully saturated rings. The van der Waals surface area contributed by atoms with Crippen LogP contribution in [0.2, 0.25) is 0 Å². The Balaban J connectivity index is 2.64. The van der Waals surface area contributed by atoms with Crippen molar-refractivity contribution in [1.29, 1.82) is 0 Å². The van der Waals surface area contributed by atoms with Gasteiger partial charge in [0.2, 0.25) is 0 Å². The highest BCUT2D eigenvalue weighted by molar-refractivity contribution is 7.80. The molecule has 82 valence electrons. The number of nitrogens with zero attached hydrogens (tertiary/aromatic N) is 3. The van der Waals surface area contributed by atoms with Gasteiger partial charge in [-0.1, -0.05) is 12.2 Å². The van der Waals surface area contributed by atoms with Gasteiger partial charge in [0.1, 0.15) is 4.99 Å². The van der Waals surface area contributed by atoms with Crippen molar-refractivity contribution in [2.75, 3.05) is 0 Å². The summed E-state index contributed by atoms with van der Waals surface area (Å²) in [5.74, 6) is 0. The van der Waals surface area contributed by atoms with E-state index in [2.05, 4.69) is 9.97 Å². The summed E-state index contributed by atoms with van der Waals surface area (Å²) in [7, 11) is 0. The van der Waals surface area contributed by atoms with Gasteiger partial charge in [0.05, 0.1) is 23.9 Å². The average Bonchev–Trinajstić information content (AvgIpc) is 2.60. The standard InChI is InChI=1S/C11H12N4S/c1-7-8(2)15(6-14-7)10-5-13-4-3-9(10)11(12)16/h3-6H,1-2H3,(H2,12,16). The molecule has 0 aromatic carbocycles. The van der Waals surface area contributed by atoms with Crippen molar-refractivity contribution in [3.05, 3.63) is 41.7 Å². The van der Waals surface area contributed by atoms with E-state index in [1.54, 1.807) is 18.7 Å². The van der Waals surface area contributed by atoms with Crippen molar-refractivity contribution in [3.8, 4) is 5.69 Å². The molecular weight excluding hydrogens is 220 g/mol. The van der Waals surface area contributed by atoms with E-state index in [0.717, 1.165) is 22.6 Å². The zero-order chi connectivity index (χ0) is 11.7. The molecule has 4 nitrogen and oxygen atoms in total. The molecule has 2 aromatic rings. The molecule has 0 unspecified atom stereocenters. The maximum Gasteiger partial charge on any atom is 0.106 e. The topological polar surface area (TPSA) is 56.7 Å². The second kappa shape index (κ2) is 4.02. The first-order valence-electron chi connectivity index (χ1n) is 4.86.